The van der Waals surface area contributed by atoms with Crippen LogP contribution in [0, 0.1) is 11.8 Å². The Balaban J connectivity index is 1.64. The van der Waals surface area contributed by atoms with E-state index in [4.69, 9.17) is 0 Å². The van der Waals surface area contributed by atoms with E-state index in [1.54, 1.807) is 9.80 Å². The van der Waals surface area contributed by atoms with Gasteiger partial charge in [-0.05, 0) is 30.4 Å². The van der Waals surface area contributed by atoms with Crippen LogP contribution in [0.1, 0.15) is 31.7 Å². The number of carbonyl (C=O) groups excluding carboxylic acids is 2. The van der Waals surface area contributed by atoms with E-state index in [0.29, 0.717) is 25.9 Å². The van der Waals surface area contributed by atoms with Gasteiger partial charge < -0.3 is 14.9 Å². The summed E-state index contributed by atoms with van der Waals surface area (Å²) in [6.07, 6.45) is 2.03. The molecule has 0 saturated carbocycles. The number of para-hydroxylation sites is 1. The highest BCUT2D eigenvalue weighted by atomic mass is 16.4. The molecule has 1 aromatic carbocycles. The first-order chi connectivity index (χ1) is 12.0. The van der Waals surface area contributed by atoms with E-state index in [-0.39, 0.29) is 30.7 Å². The number of fused-ring (bicyclic) bond motifs is 1. The smallest absolute Gasteiger partial charge is 0.308 e. The van der Waals surface area contributed by atoms with Gasteiger partial charge >= 0.3 is 5.97 Å². The van der Waals surface area contributed by atoms with Crippen LogP contribution in [-0.4, -0.2) is 47.4 Å². The molecule has 2 amide bonds. The normalized spacial score (nSPS) is 23.3. The summed E-state index contributed by atoms with van der Waals surface area (Å²) in [6.45, 7) is 3.17. The number of hydrogen-bond acceptors (Lipinski definition) is 3. The van der Waals surface area contributed by atoms with Crippen LogP contribution in [0.5, 0.6) is 0 Å². The number of nitrogens with zero attached hydrogens (tertiary/aromatic N) is 2. The summed E-state index contributed by atoms with van der Waals surface area (Å²) in [5, 5.41) is 9.24. The molecule has 3 rings (SSSR count). The standard InChI is InChI=1S/C19H24N2O4/c1-13-10-15(19(24)25)12-20(11-13)17(22)8-9-21-16-5-3-2-4-14(16)6-7-18(21)23/h2-5,13,15H,6-12H2,1H3,(H,24,25). The average molecular weight is 344 g/mol. The fourth-order valence-electron chi connectivity index (χ4n) is 3.84. The molecule has 6 nitrogen and oxygen atoms in total. The van der Waals surface area contributed by atoms with Gasteiger partial charge in [0.1, 0.15) is 0 Å². The van der Waals surface area contributed by atoms with E-state index < -0.39 is 11.9 Å². The highest BCUT2D eigenvalue weighted by molar-refractivity contribution is 5.97. The number of rotatable bonds is 4. The van der Waals surface area contributed by atoms with Crippen molar-refractivity contribution in [3.8, 4) is 0 Å². The first-order valence-corrected chi connectivity index (χ1v) is 8.84. The van der Waals surface area contributed by atoms with Gasteiger partial charge in [-0.1, -0.05) is 25.1 Å². The highest BCUT2D eigenvalue weighted by Gasteiger charge is 2.32. The number of amides is 2. The van der Waals surface area contributed by atoms with Crippen molar-refractivity contribution in [3.63, 3.8) is 0 Å². The predicted octanol–water partition coefficient (Wildman–Crippen LogP) is 1.93. The van der Waals surface area contributed by atoms with Gasteiger partial charge in [-0.2, -0.15) is 0 Å². The molecule has 1 fully saturated rings. The third-order valence-corrected chi connectivity index (χ3v) is 5.10. The molecule has 2 aliphatic heterocycles. The average Bonchev–Trinajstić information content (AvgIpc) is 2.60. The lowest BCUT2D eigenvalue weighted by Crippen LogP contribution is -2.46. The first-order valence-electron chi connectivity index (χ1n) is 8.84. The summed E-state index contributed by atoms with van der Waals surface area (Å²) in [4.78, 5) is 39.4. The molecule has 25 heavy (non-hydrogen) atoms. The number of likely N-dealkylation sites (tertiary alicyclic amines) is 1. The zero-order chi connectivity index (χ0) is 18.0. The molecule has 0 spiro atoms. The van der Waals surface area contributed by atoms with Gasteiger partial charge in [0, 0.05) is 38.2 Å². The summed E-state index contributed by atoms with van der Waals surface area (Å²) >= 11 is 0. The second kappa shape index (κ2) is 7.25. The zero-order valence-electron chi connectivity index (χ0n) is 14.5. The lowest BCUT2D eigenvalue weighted by Gasteiger charge is -2.35. The van der Waals surface area contributed by atoms with Gasteiger partial charge in [0.25, 0.3) is 0 Å². The van der Waals surface area contributed by atoms with Gasteiger partial charge in [-0.15, -0.1) is 0 Å². The van der Waals surface area contributed by atoms with Gasteiger partial charge in [0.05, 0.1) is 5.92 Å². The quantitative estimate of drug-likeness (QED) is 0.905. The summed E-state index contributed by atoms with van der Waals surface area (Å²) in [7, 11) is 0. The molecule has 0 aliphatic carbocycles. The third kappa shape index (κ3) is 3.83. The van der Waals surface area contributed by atoms with E-state index in [1.165, 1.54) is 0 Å². The molecule has 6 heteroatoms. The summed E-state index contributed by atoms with van der Waals surface area (Å²) in [5.41, 5.74) is 2.02. The Hall–Kier alpha value is -2.37. The maximum atomic E-state index is 12.6. The number of aryl methyl sites for hydroxylation is 1. The van der Waals surface area contributed by atoms with E-state index >= 15 is 0 Å². The predicted molar refractivity (Wildman–Crippen MR) is 93.2 cm³/mol. The Morgan fingerprint density at radius 2 is 1.96 bits per heavy atom. The number of carboxylic acids is 1. The fraction of sp³-hybridized carbons (Fsp3) is 0.526. The van der Waals surface area contributed by atoms with Crippen LogP contribution in [0.2, 0.25) is 0 Å². The number of carboxylic acid groups (broad SMARTS) is 1. The maximum absolute atomic E-state index is 12.6. The highest BCUT2D eigenvalue weighted by Crippen LogP contribution is 2.28. The number of hydrogen-bond donors (Lipinski definition) is 1. The van der Waals surface area contributed by atoms with Gasteiger partial charge in [0.2, 0.25) is 11.8 Å². The maximum Gasteiger partial charge on any atom is 0.308 e. The Kier molecular flexibility index (Phi) is 5.06. The van der Waals surface area contributed by atoms with Crippen molar-refractivity contribution in [2.24, 2.45) is 11.8 Å². The van der Waals surface area contributed by atoms with Crippen molar-refractivity contribution in [1.82, 2.24) is 4.90 Å². The summed E-state index contributed by atoms with van der Waals surface area (Å²) in [6, 6.07) is 7.79. The molecule has 1 saturated heterocycles. The molecule has 2 heterocycles. The molecule has 2 atom stereocenters. The molecule has 1 aromatic rings. The van der Waals surface area contributed by atoms with E-state index in [9.17, 15) is 19.5 Å². The third-order valence-electron chi connectivity index (χ3n) is 5.10. The van der Waals surface area contributed by atoms with E-state index in [1.807, 2.05) is 31.2 Å². The van der Waals surface area contributed by atoms with Gasteiger partial charge in [-0.3, -0.25) is 14.4 Å². The molecular formula is C19H24N2O4. The largest absolute Gasteiger partial charge is 0.481 e. The van der Waals surface area contributed by atoms with Crippen molar-refractivity contribution in [2.75, 3.05) is 24.5 Å². The van der Waals surface area contributed by atoms with Crippen LogP contribution in [0.3, 0.4) is 0 Å². The Bertz CT molecular complexity index is 688. The molecule has 1 N–H and O–H groups in total. The first kappa shape index (κ1) is 17.5. The van der Waals surface area contributed by atoms with Gasteiger partial charge in [0.15, 0.2) is 0 Å². The lowest BCUT2D eigenvalue weighted by molar-refractivity contribution is -0.146. The SMILES string of the molecule is CC1CC(C(=O)O)CN(C(=O)CCN2C(=O)CCc3ccccc32)C1. The number of carbonyl (C=O) groups is 3. The summed E-state index contributed by atoms with van der Waals surface area (Å²) in [5.74, 6) is -1.19. The molecule has 2 aliphatic rings. The van der Waals surface area contributed by atoms with Crippen molar-refractivity contribution < 1.29 is 19.5 Å². The van der Waals surface area contributed by atoms with Crippen molar-refractivity contribution in [2.45, 2.75) is 32.6 Å². The van der Waals surface area contributed by atoms with Crippen LogP contribution in [-0.2, 0) is 20.8 Å². The Morgan fingerprint density at radius 1 is 1.20 bits per heavy atom. The van der Waals surface area contributed by atoms with Crippen LogP contribution in [0.25, 0.3) is 0 Å². The van der Waals surface area contributed by atoms with Crippen molar-refractivity contribution in [3.05, 3.63) is 29.8 Å². The number of piperidine rings is 1. The van der Waals surface area contributed by atoms with Crippen LogP contribution in [0.4, 0.5) is 5.69 Å². The molecule has 2 unspecified atom stereocenters. The molecule has 0 radical (unpaired) electrons. The minimum Gasteiger partial charge on any atom is -0.481 e. The van der Waals surface area contributed by atoms with Crippen LogP contribution >= 0.6 is 0 Å². The molecule has 0 aromatic heterocycles. The zero-order valence-corrected chi connectivity index (χ0v) is 14.5. The Morgan fingerprint density at radius 3 is 2.72 bits per heavy atom. The molecule has 134 valence electrons. The van der Waals surface area contributed by atoms with Crippen LogP contribution in [0.15, 0.2) is 24.3 Å². The van der Waals surface area contributed by atoms with Gasteiger partial charge in [-0.25, -0.2) is 0 Å². The van der Waals surface area contributed by atoms with E-state index in [2.05, 4.69) is 0 Å². The number of aliphatic carboxylic acids is 1. The minimum absolute atomic E-state index is 0.0434. The summed E-state index contributed by atoms with van der Waals surface area (Å²) < 4.78 is 0. The number of anilines is 1. The molecule has 0 bridgehead atoms. The van der Waals surface area contributed by atoms with Crippen molar-refractivity contribution >= 4 is 23.5 Å². The minimum atomic E-state index is -0.843. The van der Waals surface area contributed by atoms with E-state index in [0.717, 1.165) is 17.7 Å². The molecular weight excluding hydrogens is 320 g/mol. The number of benzene rings is 1. The second-order valence-corrected chi connectivity index (χ2v) is 7.10. The van der Waals surface area contributed by atoms with Crippen molar-refractivity contribution in [1.29, 1.82) is 0 Å². The van der Waals surface area contributed by atoms with Crippen LogP contribution < -0.4 is 4.90 Å². The topological polar surface area (TPSA) is 77.9 Å². The second-order valence-electron chi connectivity index (χ2n) is 7.10. The lowest BCUT2D eigenvalue weighted by atomic mass is 9.90. The Labute approximate surface area is 147 Å². The fourth-order valence-corrected chi connectivity index (χ4v) is 3.84. The monoisotopic (exact) mass is 344 g/mol.